The first kappa shape index (κ1) is 15.6. The summed E-state index contributed by atoms with van der Waals surface area (Å²) in [6, 6.07) is 8.27. The molecular formula is C14H14F2N2O2S. The molecule has 1 atom stereocenters. The fraction of sp³-hybridized carbons (Fsp3) is 0.143. The molecular weight excluding hydrogens is 298 g/mol. The van der Waals surface area contributed by atoms with Crippen LogP contribution in [0.25, 0.3) is 0 Å². The van der Waals surface area contributed by atoms with Crippen LogP contribution < -0.4 is 11.3 Å². The minimum absolute atomic E-state index is 0.121. The van der Waals surface area contributed by atoms with E-state index >= 15 is 0 Å². The summed E-state index contributed by atoms with van der Waals surface area (Å²) in [4.78, 5) is 0.121. The fourth-order valence-electron chi connectivity index (χ4n) is 2.04. The molecule has 0 saturated heterocycles. The molecule has 0 radical (unpaired) electrons. The highest BCUT2D eigenvalue weighted by molar-refractivity contribution is 7.90. The van der Waals surface area contributed by atoms with Crippen molar-refractivity contribution in [3.8, 4) is 0 Å². The first-order chi connectivity index (χ1) is 9.84. The maximum Gasteiger partial charge on any atom is 0.175 e. The van der Waals surface area contributed by atoms with Gasteiger partial charge in [-0.05, 0) is 29.8 Å². The normalized spacial score (nSPS) is 13.1. The van der Waals surface area contributed by atoms with Gasteiger partial charge in [-0.3, -0.25) is 5.84 Å². The number of hydrogen-bond donors (Lipinski definition) is 2. The van der Waals surface area contributed by atoms with E-state index in [4.69, 9.17) is 5.84 Å². The summed E-state index contributed by atoms with van der Waals surface area (Å²) in [6.45, 7) is 0. The number of halogens is 2. The largest absolute Gasteiger partial charge is 0.271 e. The third-order valence-electron chi connectivity index (χ3n) is 3.10. The first-order valence-electron chi connectivity index (χ1n) is 6.04. The van der Waals surface area contributed by atoms with Crippen LogP contribution in [0.15, 0.2) is 47.4 Å². The average Bonchev–Trinajstić information content (AvgIpc) is 2.42. The van der Waals surface area contributed by atoms with Crippen molar-refractivity contribution in [2.24, 2.45) is 5.84 Å². The molecule has 2 aromatic carbocycles. The third-order valence-corrected chi connectivity index (χ3v) is 4.23. The predicted molar refractivity (Wildman–Crippen MR) is 75.1 cm³/mol. The molecule has 0 aliphatic rings. The van der Waals surface area contributed by atoms with E-state index in [-0.39, 0.29) is 10.5 Å². The van der Waals surface area contributed by atoms with Crippen molar-refractivity contribution in [2.45, 2.75) is 10.9 Å². The maximum atomic E-state index is 13.8. The first-order valence-corrected chi connectivity index (χ1v) is 7.94. The number of rotatable bonds is 4. The molecule has 1 unspecified atom stereocenters. The number of hydrogen-bond acceptors (Lipinski definition) is 4. The average molecular weight is 312 g/mol. The Bertz CT molecular complexity index is 726. The zero-order valence-electron chi connectivity index (χ0n) is 11.2. The molecule has 2 rings (SSSR count). The second kappa shape index (κ2) is 5.88. The second-order valence-electron chi connectivity index (χ2n) is 4.58. The van der Waals surface area contributed by atoms with Gasteiger partial charge in [0.15, 0.2) is 9.84 Å². The quantitative estimate of drug-likeness (QED) is 0.668. The highest BCUT2D eigenvalue weighted by Crippen LogP contribution is 2.27. The van der Waals surface area contributed by atoms with E-state index in [2.05, 4.69) is 5.43 Å². The van der Waals surface area contributed by atoms with Crippen molar-refractivity contribution >= 4 is 9.84 Å². The summed E-state index contributed by atoms with van der Waals surface area (Å²) in [5.74, 6) is 3.93. The molecule has 4 nitrogen and oxygen atoms in total. The van der Waals surface area contributed by atoms with E-state index in [1.807, 2.05) is 0 Å². The highest BCUT2D eigenvalue weighted by Gasteiger charge is 2.21. The summed E-state index contributed by atoms with van der Waals surface area (Å²) in [5.41, 5.74) is 2.58. The van der Waals surface area contributed by atoms with Gasteiger partial charge in [0.25, 0.3) is 0 Å². The summed E-state index contributed by atoms with van der Waals surface area (Å²) >= 11 is 0. The lowest BCUT2D eigenvalue weighted by molar-refractivity contribution is 0.510. The molecule has 0 saturated carbocycles. The van der Waals surface area contributed by atoms with E-state index in [1.165, 1.54) is 30.3 Å². The van der Waals surface area contributed by atoms with Gasteiger partial charge in [-0.1, -0.05) is 18.2 Å². The van der Waals surface area contributed by atoms with Crippen molar-refractivity contribution in [1.29, 1.82) is 0 Å². The van der Waals surface area contributed by atoms with Crippen LogP contribution in [0.4, 0.5) is 8.78 Å². The molecule has 0 spiro atoms. The van der Waals surface area contributed by atoms with E-state index in [1.54, 1.807) is 0 Å². The van der Waals surface area contributed by atoms with Crippen molar-refractivity contribution in [1.82, 2.24) is 5.43 Å². The highest BCUT2D eigenvalue weighted by atomic mass is 32.2. The van der Waals surface area contributed by atoms with Crippen LogP contribution in [0.2, 0.25) is 0 Å². The monoisotopic (exact) mass is 312 g/mol. The van der Waals surface area contributed by atoms with Gasteiger partial charge in [0.05, 0.1) is 10.9 Å². The standard InChI is InChI=1S/C14H14F2N2O2S/c1-21(19,20)10-7-5-9(6-8-10)14(18-17)13-11(15)3-2-4-12(13)16/h2-8,14,18H,17H2,1H3. The van der Waals surface area contributed by atoms with Gasteiger partial charge in [-0.25, -0.2) is 22.6 Å². The van der Waals surface area contributed by atoms with Gasteiger partial charge in [0.1, 0.15) is 11.6 Å². The van der Waals surface area contributed by atoms with Crippen LogP contribution in [0.5, 0.6) is 0 Å². The van der Waals surface area contributed by atoms with Crippen LogP contribution in [-0.2, 0) is 9.84 Å². The molecule has 2 aromatic rings. The molecule has 0 aromatic heterocycles. The number of benzene rings is 2. The van der Waals surface area contributed by atoms with Gasteiger partial charge in [0, 0.05) is 11.8 Å². The lowest BCUT2D eigenvalue weighted by Crippen LogP contribution is -2.30. The van der Waals surface area contributed by atoms with Crippen molar-refractivity contribution in [3.63, 3.8) is 0 Å². The Morgan fingerprint density at radius 3 is 2.00 bits per heavy atom. The minimum atomic E-state index is -3.33. The molecule has 0 amide bonds. The Balaban J connectivity index is 2.48. The van der Waals surface area contributed by atoms with Crippen LogP contribution in [0.3, 0.4) is 0 Å². The number of nitrogens with one attached hydrogen (secondary N) is 1. The van der Waals surface area contributed by atoms with E-state index in [9.17, 15) is 17.2 Å². The molecule has 0 heterocycles. The zero-order valence-corrected chi connectivity index (χ0v) is 12.0. The number of sulfone groups is 1. The molecule has 21 heavy (non-hydrogen) atoms. The number of nitrogens with two attached hydrogens (primary N) is 1. The number of hydrazine groups is 1. The Morgan fingerprint density at radius 1 is 1.05 bits per heavy atom. The lowest BCUT2D eigenvalue weighted by Gasteiger charge is -2.18. The Hall–Kier alpha value is -1.83. The van der Waals surface area contributed by atoms with Crippen LogP contribution in [-0.4, -0.2) is 14.7 Å². The second-order valence-corrected chi connectivity index (χ2v) is 6.59. The minimum Gasteiger partial charge on any atom is -0.271 e. The van der Waals surface area contributed by atoms with Gasteiger partial charge < -0.3 is 0 Å². The third kappa shape index (κ3) is 3.26. The maximum absolute atomic E-state index is 13.8. The molecule has 0 aliphatic heterocycles. The summed E-state index contributed by atoms with van der Waals surface area (Å²) in [6.07, 6.45) is 1.08. The molecule has 0 bridgehead atoms. The van der Waals surface area contributed by atoms with E-state index in [0.717, 1.165) is 18.4 Å². The summed E-state index contributed by atoms with van der Waals surface area (Å²) < 4.78 is 50.4. The van der Waals surface area contributed by atoms with E-state index < -0.39 is 27.5 Å². The van der Waals surface area contributed by atoms with Crippen molar-refractivity contribution < 1.29 is 17.2 Å². The zero-order chi connectivity index (χ0) is 15.6. The van der Waals surface area contributed by atoms with Crippen LogP contribution >= 0.6 is 0 Å². The molecule has 3 N–H and O–H groups in total. The SMILES string of the molecule is CS(=O)(=O)c1ccc(C(NN)c2c(F)cccc2F)cc1. The van der Waals surface area contributed by atoms with Gasteiger partial charge in [0.2, 0.25) is 0 Å². The van der Waals surface area contributed by atoms with Gasteiger partial charge in [-0.2, -0.15) is 0 Å². The van der Waals surface area contributed by atoms with Gasteiger partial charge in [-0.15, -0.1) is 0 Å². The summed E-state index contributed by atoms with van der Waals surface area (Å²) in [5, 5.41) is 0. The molecule has 0 fully saturated rings. The van der Waals surface area contributed by atoms with Crippen LogP contribution in [0.1, 0.15) is 17.2 Å². The Morgan fingerprint density at radius 2 is 1.57 bits per heavy atom. The smallest absolute Gasteiger partial charge is 0.175 e. The Labute approximate surface area is 121 Å². The van der Waals surface area contributed by atoms with E-state index in [0.29, 0.717) is 5.56 Å². The van der Waals surface area contributed by atoms with Crippen molar-refractivity contribution in [2.75, 3.05) is 6.26 Å². The Kier molecular flexibility index (Phi) is 4.36. The van der Waals surface area contributed by atoms with Gasteiger partial charge >= 0.3 is 0 Å². The lowest BCUT2D eigenvalue weighted by atomic mass is 9.98. The molecule has 7 heteroatoms. The van der Waals surface area contributed by atoms with Crippen molar-refractivity contribution in [3.05, 3.63) is 65.2 Å². The predicted octanol–water partition coefficient (Wildman–Crippen LogP) is 1.92. The summed E-state index contributed by atoms with van der Waals surface area (Å²) in [7, 11) is -3.33. The molecule has 112 valence electrons. The van der Waals surface area contributed by atoms with Crippen LogP contribution in [0, 0.1) is 11.6 Å². The fourth-order valence-corrected chi connectivity index (χ4v) is 2.67. The topological polar surface area (TPSA) is 72.2 Å². The molecule has 0 aliphatic carbocycles.